The Kier molecular flexibility index (Phi) is 3.48. The molecular formula is C14H11ClFNO2S. The largest absolute Gasteiger partial charge is 0.481 e. The lowest BCUT2D eigenvalue weighted by Gasteiger charge is -2.16. The highest BCUT2D eigenvalue weighted by atomic mass is 35.5. The molecule has 0 saturated carbocycles. The second-order valence-electron chi connectivity index (χ2n) is 4.73. The average molecular weight is 312 g/mol. The van der Waals surface area contributed by atoms with Crippen LogP contribution in [0.2, 0.25) is 5.02 Å². The Labute approximate surface area is 124 Å². The number of aryl methyl sites for hydroxylation is 1. The van der Waals surface area contributed by atoms with E-state index in [1.807, 2.05) is 0 Å². The summed E-state index contributed by atoms with van der Waals surface area (Å²) in [4.78, 5) is 16.7. The number of rotatable bonds is 2. The van der Waals surface area contributed by atoms with Crippen LogP contribution in [0.1, 0.15) is 29.3 Å². The molecule has 104 valence electrons. The van der Waals surface area contributed by atoms with Crippen LogP contribution in [-0.2, 0) is 11.2 Å². The molecule has 6 heteroatoms. The van der Waals surface area contributed by atoms with E-state index in [0.29, 0.717) is 27.7 Å². The van der Waals surface area contributed by atoms with E-state index in [0.717, 1.165) is 17.7 Å². The zero-order chi connectivity index (χ0) is 14.3. The molecule has 0 bridgehead atoms. The molecule has 1 atom stereocenters. The molecule has 1 aliphatic carbocycles. The van der Waals surface area contributed by atoms with E-state index < -0.39 is 17.7 Å². The van der Waals surface area contributed by atoms with Gasteiger partial charge < -0.3 is 5.11 Å². The Morgan fingerprint density at radius 3 is 3.00 bits per heavy atom. The monoisotopic (exact) mass is 311 g/mol. The molecule has 3 rings (SSSR count). The third-order valence-corrected chi connectivity index (χ3v) is 4.89. The van der Waals surface area contributed by atoms with Crippen LogP contribution >= 0.6 is 22.9 Å². The lowest BCUT2D eigenvalue weighted by molar-refractivity contribution is -0.139. The normalized spacial score (nSPS) is 17.8. The quantitative estimate of drug-likeness (QED) is 0.908. The van der Waals surface area contributed by atoms with E-state index >= 15 is 0 Å². The second kappa shape index (κ2) is 5.14. The number of fused-ring (bicyclic) bond motifs is 1. The van der Waals surface area contributed by atoms with Gasteiger partial charge in [-0.3, -0.25) is 4.79 Å². The van der Waals surface area contributed by atoms with Crippen molar-refractivity contribution in [2.75, 3.05) is 0 Å². The highest BCUT2D eigenvalue weighted by Crippen LogP contribution is 2.40. The van der Waals surface area contributed by atoms with Crippen molar-refractivity contribution in [1.29, 1.82) is 0 Å². The second-order valence-corrected chi connectivity index (χ2v) is 6.23. The van der Waals surface area contributed by atoms with Crippen LogP contribution < -0.4 is 0 Å². The third-order valence-electron chi connectivity index (χ3n) is 3.41. The molecule has 1 unspecified atom stereocenters. The van der Waals surface area contributed by atoms with Crippen LogP contribution in [0.5, 0.6) is 0 Å². The number of thiazole rings is 1. The Morgan fingerprint density at radius 1 is 1.50 bits per heavy atom. The number of hydrogen-bond acceptors (Lipinski definition) is 3. The molecule has 1 aliphatic rings. The Morgan fingerprint density at radius 2 is 2.30 bits per heavy atom. The summed E-state index contributed by atoms with van der Waals surface area (Å²) in [6, 6.07) is 4.15. The maximum absolute atomic E-state index is 13.1. The van der Waals surface area contributed by atoms with Gasteiger partial charge in [0.1, 0.15) is 10.8 Å². The maximum atomic E-state index is 13.1. The smallest absolute Gasteiger partial charge is 0.312 e. The van der Waals surface area contributed by atoms with Crippen LogP contribution in [0.15, 0.2) is 18.2 Å². The van der Waals surface area contributed by atoms with Crippen LogP contribution in [0.25, 0.3) is 10.6 Å². The number of halogens is 2. The molecule has 1 aromatic heterocycles. The fourth-order valence-electron chi connectivity index (χ4n) is 2.44. The summed E-state index contributed by atoms with van der Waals surface area (Å²) in [6.07, 6.45) is 2.31. The van der Waals surface area contributed by atoms with Gasteiger partial charge in [0.2, 0.25) is 0 Å². The standard InChI is InChI=1S/C14H11ClFNO2S/c15-10-6-7(16)4-5-8(10)13-17-12-9(14(18)19)2-1-3-11(12)20-13/h4-6,9H,1-3H2,(H,18,19). The summed E-state index contributed by atoms with van der Waals surface area (Å²) in [5.41, 5.74) is 1.29. The van der Waals surface area contributed by atoms with Crippen LogP contribution in [0.4, 0.5) is 4.39 Å². The van der Waals surface area contributed by atoms with E-state index in [4.69, 9.17) is 11.6 Å². The molecule has 1 N–H and O–H groups in total. The SMILES string of the molecule is O=C(O)C1CCCc2sc(-c3ccc(F)cc3Cl)nc21. The zero-order valence-electron chi connectivity index (χ0n) is 10.4. The highest BCUT2D eigenvalue weighted by Gasteiger charge is 2.30. The highest BCUT2D eigenvalue weighted by molar-refractivity contribution is 7.15. The Hall–Kier alpha value is -1.46. The Balaban J connectivity index is 2.07. The molecule has 1 heterocycles. The van der Waals surface area contributed by atoms with E-state index in [-0.39, 0.29) is 0 Å². The third kappa shape index (κ3) is 2.31. The summed E-state index contributed by atoms with van der Waals surface area (Å²) in [5.74, 6) is -1.78. The number of benzene rings is 1. The fourth-order valence-corrected chi connectivity index (χ4v) is 3.95. The van der Waals surface area contributed by atoms with E-state index in [1.165, 1.54) is 23.5 Å². The zero-order valence-corrected chi connectivity index (χ0v) is 12.0. The summed E-state index contributed by atoms with van der Waals surface area (Å²) < 4.78 is 13.1. The molecule has 0 fully saturated rings. The molecule has 0 spiro atoms. The minimum absolute atomic E-state index is 0.294. The van der Waals surface area contributed by atoms with Gasteiger partial charge in [0.25, 0.3) is 0 Å². The molecule has 20 heavy (non-hydrogen) atoms. The molecule has 1 aromatic carbocycles. The van der Waals surface area contributed by atoms with Gasteiger partial charge in [-0.1, -0.05) is 11.6 Å². The first kappa shape index (κ1) is 13.5. The maximum Gasteiger partial charge on any atom is 0.312 e. The van der Waals surface area contributed by atoms with Gasteiger partial charge in [-0.15, -0.1) is 11.3 Å². The van der Waals surface area contributed by atoms with Crippen molar-refractivity contribution in [3.63, 3.8) is 0 Å². The molecular weight excluding hydrogens is 301 g/mol. The number of aliphatic carboxylic acids is 1. The summed E-state index contributed by atoms with van der Waals surface area (Å²) in [6.45, 7) is 0. The number of nitrogens with zero attached hydrogens (tertiary/aromatic N) is 1. The first-order valence-electron chi connectivity index (χ1n) is 6.24. The lowest BCUT2D eigenvalue weighted by Crippen LogP contribution is -2.17. The van der Waals surface area contributed by atoms with Gasteiger partial charge in [0, 0.05) is 10.4 Å². The minimum atomic E-state index is -0.840. The van der Waals surface area contributed by atoms with Crippen molar-refractivity contribution in [2.24, 2.45) is 0 Å². The van der Waals surface area contributed by atoms with Gasteiger partial charge in [-0.25, -0.2) is 9.37 Å². The molecule has 0 amide bonds. The molecule has 0 radical (unpaired) electrons. The average Bonchev–Trinajstić information content (AvgIpc) is 2.81. The molecule has 0 aliphatic heterocycles. The van der Waals surface area contributed by atoms with E-state index in [1.54, 1.807) is 6.07 Å². The first-order valence-corrected chi connectivity index (χ1v) is 7.43. The Bertz CT molecular complexity index is 686. The summed E-state index contributed by atoms with van der Waals surface area (Å²) in [7, 11) is 0. The minimum Gasteiger partial charge on any atom is -0.481 e. The topological polar surface area (TPSA) is 50.2 Å². The molecule has 2 aromatic rings. The number of carboxylic acid groups (broad SMARTS) is 1. The fraction of sp³-hybridized carbons (Fsp3) is 0.286. The number of hydrogen-bond donors (Lipinski definition) is 1. The number of carbonyl (C=O) groups is 1. The van der Waals surface area contributed by atoms with Gasteiger partial charge in [0.15, 0.2) is 0 Å². The van der Waals surface area contributed by atoms with Crippen molar-refractivity contribution in [1.82, 2.24) is 4.98 Å². The number of aromatic nitrogens is 1. The van der Waals surface area contributed by atoms with Gasteiger partial charge >= 0.3 is 5.97 Å². The predicted molar refractivity (Wildman–Crippen MR) is 75.8 cm³/mol. The first-order chi connectivity index (χ1) is 9.56. The van der Waals surface area contributed by atoms with Crippen molar-refractivity contribution in [3.8, 4) is 10.6 Å². The van der Waals surface area contributed by atoms with Crippen molar-refractivity contribution >= 4 is 28.9 Å². The van der Waals surface area contributed by atoms with Gasteiger partial charge in [-0.05, 0) is 37.5 Å². The van der Waals surface area contributed by atoms with Crippen molar-refractivity contribution in [2.45, 2.75) is 25.2 Å². The van der Waals surface area contributed by atoms with Crippen LogP contribution in [0.3, 0.4) is 0 Å². The van der Waals surface area contributed by atoms with Crippen LogP contribution in [-0.4, -0.2) is 16.1 Å². The molecule has 0 saturated heterocycles. The van der Waals surface area contributed by atoms with Crippen molar-refractivity contribution in [3.05, 3.63) is 39.6 Å². The van der Waals surface area contributed by atoms with Crippen LogP contribution in [0, 0.1) is 5.82 Å². The summed E-state index contributed by atoms with van der Waals surface area (Å²) in [5, 5.41) is 10.2. The van der Waals surface area contributed by atoms with Gasteiger partial charge in [0.05, 0.1) is 16.6 Å². The summed E-state index contributed by atoms with van der Waals surface area (Å²) >= 11 is 7.49. The van der Waals surface area contributed by atoms with E-state index in [2.05, 4.69) is 4.98 Å². The lowest BCUT2D eigenvalue weighted by atomic mass is 9.91. The van der Waals surface area contributed by atoms with E-state index in [9.17, 15) is 14.3 Å². The van der Waals surface area contributed by atoms with Gasteiger partial charge in [-0.2, -0.15) is 0 Å². The number of carboxylic acids is 1. The molecule has 3 nitrogen and oxygen atoms in total. The van der Waals surface area contributed by atoms with Crippen molar-refractivity contribution < 1.29 is 14.3 Å². The predicted octanol–water partition coefficient (Wildman–Crippen LogP) is 4.11.